The summed E-state index contributed by atoms with van der Waals surface area (Å²) in [6.45, 7) is 6.12. The summed E-state index contributed by atoms with van der Waals surface area (Å²) in [5, 5.41) is 4.12. The van der Waals surface area contributed by atoms with E-state index in [9.17, 15) is 4.79 Å². The molecule has 1 aliphatic heterocycles. The van der Waals surface area contributed by atoms with E-state index >= 15 is 0 Å². The summed E-state index contributed by atoms with van der Waals surface area (Å²) >= 11 is 0. The van der Waals surface area contributed by atoms with Crippen molar-refractivity contribution in [3.05, 3.63) is 29.8 Å². The number of nitrogens with zero attached hydrogens (tertiary/aromatic N) is 1. The largest absolute Gasteiger partial charge is 0.369 e. The second-order valence-corrected chi connectivity index (χ2v) is 5.18. The number of anilines is 1. The molecule has 0 atom stereocenters. The first-order valence-corrected chi connectivity index (χ1v) is 6.03. The van der Waals surface area contributed by atoms with Crippen LogP contribution >= 0.6 is 0 Å². The summed E-state index contributed by atoms with van der Waals surface area (Å²) in [4.78, 5) is 11.8. The highest BCUT2D eigenvalue weighted by Crippen LogP contribution is 2.20. The van der Waals surface area contributed by atoms with E-state index < -0.39 is 0 Å². The quantitative estimate of drug-likeness (QED) is 0.816. The van der Waals surface area contributed by atoms with E-state index in [1.165, 1.54) is 5.56 Å². The van der Waals surface area contributed by atoms with Gasteiger partial charge < -0.3 is 4.74 Å². The number of hydrazone groups is 1. The Morgan fingerprint density at radius 2 is 1.94 bits per heavy atom. The molecule has 0 bridgehead atoms. The molecule has 0 saturated carbocycles. The Bertz CT molecular complexity index is 475. The van der Waals surface area contributed by atoms with Crippen LogP contribution in [0.15, 0.2) is 29.4 Å². The van der Waals surface area contributed by atoms with Crippen LogP contribution in [0.1, 0.15) is 25.8 Å². The number of carbonyl (C=O) groups is 1. The lowest BCUT2D eigenvalue weighted by Crippen LogP contribution is -2.40. The lowest BCUT2D eigenvalue weighted by atomic mass is 9.96. The molecule has 4 heteroatoms. The number of rotatable bonds is 2. The minimum atomic E-state index is -0.375. The Balaban J connectivity index is 2.02. The average molecular weight is 246 g/mol. The summed E-state index contributed by atoms with van der Waals surface area (Å²) in [5.41, 5.74) is 5.02. The summed E-state index contributed by atoms with van der Waals surface area (Å²) in [5.74, 6) is 0.0471. The molecule has 0 radical (unpaired) electrons. The van der Waals surface area contributed by atoms with E-state index in [4.69, 9.17) is 4.74 Å². The molecule has 1 aromatic carbocycles. The van der Waals surface area contributed by atoms with Gasteiger partial charge in [-0.2, -0.15) is 5.10 Å². The van der Waals surface area contributed by atoms with Crippen molar-refractivity contribution < 1.29 is 9.53 Å². The first-order valence-electron chi connectivity index (χ1n) is 6.03. The van der Waals surface area contributed by atoms with Gasteiger partial charge in [0.05, 0.1) is 17.9 Å². The number of ether oxygens (including phenoxy) is 1. The molecular formula is C14H18N2O2. The van der Waals surface area contributed by atoms with Gasteiger partial charge in [0, 0.05) is 6.42 Å². The average Bonchev–Trinajstić information content (AvgIpc) is 2.29. The number of hydrogen-bond acceptors (Lipinski definition) is 4. The molecule has 0 aliphatic carbocycles. The fourth-order valence-corrected chi connectivity index (χ4v) is 1.74. The molecule has 1 N–H and O–H groups in total. The van der Waals surface area contributed by atoms with Gasteiger partial charge >= 0.3 is 0 Å². The fraction of sp³-hybridized carbons (Fsp3) is 0.429. The molecule has 1 heterocycles. The third-order valence-corrected chi connectivity index (χ3v) is 2.88. The van der Waals surface area contributed by atoms with Gasteiger partial charge in [-0.15, -0.1) is 0 Å². The predicted octanol–water partition coefficient (Wildman–Crippen LogP) is 2.53. The van der Waals surface area contributed by atoms with E-state index in [1.54, 1.807) is 0 Å². The number of aryl methyl sites for hydroxylation is 1. The molecule has 0 unspecified atom stereocenters. The lowest BCUT2D eigenvalue weighted by molar-refractivity contribution is -0.122. The van der Waals surface area contributed by atoms with E-state index in [0.717, 1.165) is 5.69 Å². The minimum absolute atomic E-state index is 0.0471. The number of ketones is 1. The molecule has 0 amide bonds. The molecule has 0 aromatic heterocycles. The van der Waals surface area contributed by atoms with Gasteiger partial charge in [-0.3, -0.25) is 10.2 Å². The molecule has 18 heavy (non-hydrogen) atoms. The molecule has 1 aromatic rings. The monoisotopic (exact) mass is 246 g/mol. The zero-order valence-electron chi connectivity index (χ0n) is 11.0. The van der Waals surface area contributed by atoms with E-state index in [1.807, 2.05) is 45.0 Å². The fourth-order valence-electron chi connectivity index (χ4n) is 1.74. The van der Waals surface area contributed by atoms with Gasteiger partial charge in [-0.25, -0.2) is 0 Å². The Labute approximate surface area is 107 Å². The molecular weight excluding hydrogens is 228 g/mol. The predicted molar refractivity (Wildman–Crippen MR) is 71.9 cm³/mol. The smallest absolute Gasteiger partial charge is 0.184 e. The van der Waals surface area contributed by atoms with Crippen molar-refractivity contribution in [2.75, 3.05) is 12.0 Å². The van der Waals surface area contributed by atoms with Crippen molar-refractivity contribution in [1.82, 2.24) is 0 Å². The number of hydrogen-bond donors (Lipinski definition) is 1. The summed E-state index contributed by atoms with van der Waals surface area (Å²) in [6.07, 6.45) is 0.376. The maximum Gasteiger partial charge on any atom is 0.184 e. The van der Waals surface area contributed by atoms with Crippen LogP contribution in [0.5, 0.6) is 0 Å². The molecule has 96 valence electrons. The van der Waals surface area contributed by atoms with Gasteiger partial charge in [0.1, 0.15) is 5.71 Å². The Hall–Kier alpha value is -1.68. The van der Waals surface area contributed by atoms with E-state index in [2.05, 4.69) is 10.5 Å². The van der Waals surface area contributed by atoms with Gasteiger partial charge in [0.15, 0.2) is 5.78 Å². The Morgan fingerprint density at radius 1 is 1.28 bits per heavy atom. The highest BCUT2D eigenvalue weighted by molar-refractivity contribution is 6.41. The SMILES string of the molecule is Cc1ccc(NN=C2COC(C)(C)CC2=O)cc1. The number of carbonyl (C=O) groups excluding carboxylic acids is 1. The lowest BCUT2D eigenvalue weighted by Gasteiger charge is -2.29. The number of Topliss-reactive ketones (excluding diaryl/α,β-unsaturated/α-hetero) is 1. The van der Waals surface area contributed by atoms with Crippen molar-refractivity contribution in [1.29, 1.82) is 0 Å². The molecule has 1 aliphatic rings. The van der Waals surface area contributed by atoms with Gasteiger partial charge in [-0.1, -0.05) is 17.7 Å². The first kappa shape index (κ1) is 12.8. The highest BCUT2D eigenvalue weighted by atomic mass is 16.5. The van der Waals surface area contributed by atoms with E-state index in [0.29, 0.717) is 12.1 Å². The summed E-state index contributed by atoms with van der Waals surface area (Å²) < 4.78 is 5.56. The van der Waals surface area contributed by atoms with Crippen LogP contribution in [0, 0.1) is 6.92 Å². The third kappa shape index (κ3) is 3.17. The van der Waals surface area contributed by atoms with Crippen LogP contribution in [0.3, 0.4) is 0 Å². The van der Waals surface area contributed by atoms with Crippen molar-refractivity contribution in [2.24, 2.45) is 5.10 Å². The standard InChI is InChI=1S/C14H18N2O2/c1-10-4-6-11(7-5-10)15-16-12-9-18-14(2,3)8-13(12)17/h4-7,15H,8-9H2,1-3H3. The first-order chi connectivity index (χ1) is 8.46. The topological polar surface area (TPSA) is 50.7 Å². The second kappa shape index (κ2) is 4.90. The van der Waals surface area contributed by atoms with E-state index in [-0.39, 0.29) is 18.0 Å². The van der Waals surface area contributed by atoms with Crippen LogP contribution in [-0.2, 0) is 9.53 Å². The van der Waals surface area contributed by atoms with Crippen molar-refractivity contribution in [3.8, 4) is 0 Å². The van der Waals surface area contributed by atoms with Gasteiger partial charge in [0.25, 0.3) is 0 Å². The van der Waals surface area contributed by atoms with Crippen LogP contribution in [0.4, 0.5) is 5.69 Å². The van der Waals surface area contributed by atoms with Crippen LogP contribution in [0.25, 0.3) is 0 Å². The van der Waals surface area contributed by atoms with Crippen molar-refractivity contribution in [3.63, 3.8) is 0 Å². The normalized spacial score (nSPS) is 21.1. The van der Waals surface area contributed by atoms with Crippen LogP contribution in [0.2, 0.25) is 0 Å². The van der Waals surface area contributed by atoms with Crippen molar-refractivity contribution >= 4 is 17.2 Å². The van der Waals surface area contributed by atoms with Gasteiger partial charge in [-0.05, 0) is 32.9 Å². The second-order valence-electron chi connectivity index (χ2n) is 5.18. The molecule has 4 nitrogen and oxygen atoms in total. The third-order valence-electron chi connectivity index (χ3n) is 2.88. The zero-order valence-corrected chi connectivity index (χ0v) is 11.0. The summed E-state index contributed by atoms with van der Waals surface area (Å²) in [6, 6.07) is 7.84. The molecule has 2 rings (SSSR count). The maximum absolute atomic E-state index is 11.8. The summed E-state index contributed by atoms with van der Waals surface area (Å²) in [7, 11) is 0. The Morgan fingerprint density at radius 3 is 2.56 bits per heavy atom. The minimum Gasteiger partial charge on any atom is -0.369 e. The molecule has 0 spiro atoms. The number of nitrogens with one attached hydrogen (secondary N) is 1. The van der Waals surface area contributed by atoms with Crippen LogP contribution in [-0.4, -0.2) is 23.7 Å². The number of benzene rings is 1. The Kier molecular flexibility index (Phi) is 3.48. The maximum atomic E-state index is 11.8. The highest BCUT2D eigenvalue weighted by Gasteiger charge is 2.31. The zero-order chi connectivity index (χ0) is 13.2. The molecule has 1 saturated heterocycles. The van der Waals surface area contributed by atoms with Crippen LogP contribution < -0.4 is 5.43 Å². The molecule has 1 fully saturated rings. The van der Waals surface area contributed by atoms with Crippen molar-refractivity contribution in [2.45, 2.75) is 32.8 Å². The van der Waals surface area contributed by atoms with Gasteiger partial charge in [0.2, 0.25) is 0 Å².